The lowest BCUT2D eigenvalue weighted by atomic mass is 9.97. The van der Waals surface area contributed by atoms with Crippen molar-refractivity contribution in [1.29, 1.82) is 0 Å². The Balaban J connectivity index is 1.62. The lowest BCUT2D eigenvalue weighted by Crippen LogP contribution is -2.36. The minimum Gasteiger partial charge on any atom is -0.440 e. The van der Waals surface area contributed by atoms with E-state index >= 15 is 0 Å². The van der Waals surface area contributed by atoms with Crippen LogP contribution in [0.25, 0.3) is 0 Å². The molecule has 3 aromatic rings. The molecule has 2 heterocycles. The van der Waals surface area contributed by atoms with Gasteiger partial charge in [-0.25, -0.2) is 21.6 Å². The number of allylic oxidation sites excluding steroid dienone is 1. The smallest absolute Gasteiger partial charge is 0.305 e. The third-order valence-corrected chi connectivity index (χ3v) is 7.35. The quantitative estimate of drug-likeness (QED) is 0.531. The fraction of sp³-hybridized carbons (Fsp3) is 0.167. The Kier molecular flexibility index (Phi) is 5.08. The van der Waals surface area contributed by atoms with Gasteiger partial charge in [0.15, 0.2) is 11.5 Å². The summed E-state index contributed by atoms with van der Waals surface area (Å²) in [5.74, 6) is -3.71. The number of ether oxygens (including phenoxy) is 2. The molecule has 0 bridgehead atoms. The molecule has 0 aromatic heterocycles. The molecule has 0 N–H and O–H groups in total. The van der Waals surface area contributed by atoms with Crippen LogP contribution >= 0.6 is 0 Å². The molecule has 170 valence electrons. The van der Waals surface area contributed by atoms with Gasteiger partial charge in [0, 0.05) is 36.0 Å². The van der Waals surface area contributed by atoms with E-state index in [1.807, 2.05) is 0 Å². The summed E-state index contributed by atoms with van der Waals surface area (Å²) in [6.07, 6.45) is 4.50. The van der Waals surface area contributed by atoms with Gasteiger partial charge in [0.2, 0.25) is 0 Å². The fourth-order valence-electron chi connectivity index (χ4n) is 3.90. The molecule has 0 radical (unpaired) electrons. The van der Waals surface area contributed by atoms with Gasteiger partial charge in [-0.2, -0.15) is 0 Å². The number of sulfonamides is 1. The molecular weight excluding hydrogens is 455 g/mol. The zero-order valence-electron chi connectivity index (χ0n) is 17.2. The van der Waals surface area contributed by atoms with Gasteiger partial charge in [0.1, 0.15) is 22.3 Å². The molecule has 0 spiro atoms. The molecule has 2 aliphatic heterocycles. The van der Waals surface area contributed by atoms with Crippen LogP contribution in [0.4, 0.5) is 13.2 Å². The van der Waals surface area contributed by atoms with E-state index in [2.05, 4.69) is 0 Å². The minimum atomic E-state index is -4.16. The Labute approximate surface area is 188 Å². The maximum Gasteiger partial charge on any atom is 0.305 e. The molecule has 5 nitrogen and oxygen atoms in total. The normalized spacial score (nSPS) is 16.8. The Morgan fingerprint density at radius 2 is 1.36 bits per heavy atom. The van der Waals surface area contributed by atoms with E-state index in [1.165, 1.54) is 54.7 Å². The number of hydrogen-bond acceptors (Lipinski definition) is 4. The Bertz CT molecular complexity index is 1290. The van der Waals surface area contributed by atoms with Crippen LogP contribution in [0.15, 0.2) is 77.8 Å². The second-order valence-electron chi connectivity index (χ2n) is 7.71. The molecule has 9 heteroatoms. The number of rotatable bonds is 4. The van der Waals surface area contributed by atoms with Gasteiger partial charge in [-0.05, 0) is 61.4 Å². The third-order valence-electron chi connectivity index (χ3n) is 5.56. The molecule has 5 rings (SSSR count). The zero-order valence-corrected chi connectivity index (χ0v) is 18.0. The molecule has 0 saturated heterocycles. The van der Waals surface area contributed by atoms with E-state index in [0.717, 1.165) is 22.9 Å². The van der Waals surface area contributed by atoms with Crippen molar-refractivity contribution in [3.05, 3.63) is 102 Å². The molecule has 33 heavy (non-hydrogen) atoms. The monoisotopic (exact) mass is 473 g/mol. The second kappa shape index (κ2) is 7.84. The van der Waals surface area contributed by atoms with Crippen LogP contribution < -0.4 is 9.47 Å². The predicted octanol–water partition coefficient (Wildman–Crippen LogP) is 5.07. The van der Waals surface area contributed by atoms with Crippen LogP contribution in [0.1, 0.15) is 24.0 Å². The summed E-state index contributed by atoms with van der Waals surface area (Å²) in [5, 5.41) is 0. The summed E-state index contributed by atoms with van der Waals surface area (Å²) in [5.41, 5.74) is 0.714. The highest BCUT2D eigenvalue weighted by Gasteiger charge is 2.46. The number of hydrogen-bond donors (Lipinski definition) is 0. The van der Waals surface area contributed by atoms with Crippen molar-refractivity contribution in [2.45, 2.75) is 23.5 Å². The number of benzene rings is 3. The number of halogens is 3. The van der Waals surface area contributed by atoms with E-state index in [0.29, 0.717) is 17.5 Å². The highest BCUT2D eigenvalue weighted by atomic mass is 32.2. The van der Waals surface area contributed by atoms with E-state index in [1.54, 1.807) is 6.08 Å². The largest absolute Gasteiger partial charge is 0.440 e. The van der Waals surface area contributed by atoms with E-state index in [4.69, 9.17) is 9.47 Å². The standard InChI is InChI=1S/C24H18F3NO4S/c25-18-8-4-16(5-9-18)24(17-6-10-19(26)11-7-17)31-21-14-20(27)23(15-22(21)32-24)33(29,30)28-12-2-1-3-13-28/h2,4-12,14-15H,1,3,13H2. The summed E-state index contributed by atoms with van der Waals surface area (Å²) in [6.45, 7) is 0.238. The lowest BCUT2D eigenvalue weighted by Gasteiger charge is -2.28. The van der Waals surface area contributed by atoms with Gasteiger partial charge >= 0.3 is 5.79 Å². The Morgan fingerprint density at radius 1 is 0.818 bits per heavy atom. The minimum absolute atomic E-state index is 0.00962. The Morgan fingerprint density at radius 3 is 1.88 bits per heavy atom. The van der Waals surface area contributed by atoms with Crippen molar-refractivity contribution >= 4 is 10.0 Å². The maximum absolute atomic E-state index is 15.0. The van der Waals surface area contributed by atoms with Crippen LogP contribution in [0.5, 0.6) is 11.5 Å². The summed E-state index contributed by atoms with van der Waals surface area (Å²) >= 11 is 0. The second-order valence-corrected chi connectivity index (χ2v) is 9.57. The van der Waals surface area contributed by atoms with Gasteiger partial charge in [-0.1, -0.05) is 6.08 Å². The van der Waals surface area contributed by atoms with E-state index < -0.39 is 38.2 Å². The molecule has 0 atom stereocenters. The first-order valence-corrected chi connectivity index (χ1v) is 11.7. The van der Waals surface area contributed by atoms with E-state index in [-0.39, 0.29) is 18.0 Å². The molecule has 0 unspecified atom stereocenters. The van der Waals surface area contributed by atoms with Crippen LogP contribution in [0.3, 0.4) is 0 Å². The highest BCUT2D eigenvalue weighted by Crippen LogP contribution is 2.49. The summed E-state index contributed by atoms with van der Waals surface area (Å²) in [4.78, 5) is -0.551. The fourth-order valence-corrected chi connectivity index (χ4v) is 5.33. The first-order chi connectivity index (χ1) is 15.8. The molecule has 0 aliphatic carbocycles. The van der Waals surface area contributed by atoms with Crippen molar-refractivity contribution in [3.8, 4) is 11.5 Å². The average molecular weight is 473 g/mol. The van der Waals surface area contributed by atoms with Crippen LogP contribution in [-0.2, 0) is 15.8 Å². The van der Waals surface area contributed by atoms with Crippen LogP contribution in [-0.4, -0.2) is 19.3 Å². The van der Waals surface area contributed by atoms with Crippen molar-refractivity contribution in [3.63, 3.8) is 0 Å². The Hall–Kier alpha value is -3.46. The number of nitrogens with zero attached hydrogens (tertiary/aromatic N) is 1. The summed E-state index contributed by atoms with van der Waals surface area (Å²) in [6, 6.07) is 12.6. The zero-order chi connectivity index (χ0) is 23.2. The molecule has 2 aliphatic rings. The topological polar surface area (TPSA) is 55.8 Å². The molecule has 0 amide bonds. The average Bonchev–Trinajstić information content (AvgIpc) is 3.19. The first-order valence-electron chi connectivity index (χ1n) is 10.2. The van der Waals surface area contributed by atoms with Gasteiger partial charge < -0.3 is 9.47 Å². The van der Waals surface area contributed by atoms with Crippen LogP contribution in [0, 0.1) is 17.5 Å². The summed E-state index contributed by atoms with van der Waals surface area (Å²) in [7, 11) is -4.16. The van der Waals surface area contributed by atoms with Crippen LogP contribution in [0.2, 0.25) is 0 Å². The lowest BCUT2D eigenvalue weighted by molar-refractivity contribution is -0.0460. The van der Waals surface area contributed by atoms with Gasteiger partial charge in [0.05, 0.1) is 0 Å². The third kappa shape index (κ3) is 3.62. The number of fused-ring (bicyclic) bond motifs is 1. The summed E-state index contributed by atoms with van der Waals surface area (Å²) < 4.78 is 81.4. The first kappa shape index (κ1) is 21.4. The highest BCUT2D eigenvalue weighted by molar-refractivity contribution is 7.89. The SMILES string of the molecule is O=S(=O)(c1cc2c(cc1F)OC(c1ccc(F)cc1)(c1ccc(F)cc1)O2)N1C=CCCC1. The van der Waals surface area contributed by atoms with Crippen molar-refractivity contribution in [2.24, 2.45) is 0 Å². The van der Waals surface area contributed by atoms with Crippen molar-refractivity contribution < 1.29 is 31.1 Å². The van der Waals surface area contributed by atoms with Gasteiger partial charge in [-0.15, -0.1) is 0 Å². The molecular formula is C24H18F3NO4S. The molecule has 0 fully saturated rings. The molecule has 0 saturated carbocycles. The van der Waals surface area contributed by atoms with Gasteiger partial charge in [0.25, 0.3) is 10.0 Å². The van der Waals surface area contributed by atoms with Crippen molar-refractivity contribution in [1.82, 2.24) is 4.31 Å². The van der Waals surface area contributed by atoms with Crippen molar-refractivity contribution in [2.75, 3.05) is 6.54 Å². The predicted molar refractivity (Wildman–Crippen MR) is 114 cm³/mol. The van der Waals surface area contributed by atoms with Gasteiger partial charge in [-0.3, -0.25) is 4.31 Å². The maximum atomic E-state index is 15.0. The van der Waals surface area contributed by atoms with E-state index in [9.17, 15) is 21.6 Å². The molecule has 3 aromatic carbocycles.